The lowest BCUT2D eigenvalue weighted by Crippen LogP contribution is -2.14. The van der Waals surface area contributed by atoms with Crippen molar-refractivity contribution in [1.29, 1.82) is 0 Å². The quantitative estimate of drug-likeness (QED) is 0.177. The summed E-state index contributed by atoms with van der Waals surface area (Å²) < 4.78 is 9.33. The molecule has 0 saturated heterocycles. The summed E-state index contributed by atoms with van der Waals surface area (Å²) in [5.41, 5.74) is 17.7. The number of furan rings is 1. The summed E-state index contributed by atoms with van der Waals surface area (Å²) in [6.07, 6.45) is 0. The number of para-hydroxylation sites is 2. The SMILES string of the molecule is CC1(C)c2ccccc2-c2c1ccc1c2oc2c(-c3ccc(-c4ccc5c(c4)c4cc(-c6cccc7ccccc67)ccc4n5-c4ccccc4)cc3)cccc21. The standard InChI is InChI=1S/C55H37NO/c1-55(2)48-21-9-8-17-45(48)52-49(55)29-28-44-43-20-11-19-42(53(43)57-54(44)52)36-24-22-34(23-25-36)37-26-30-50-46(32-37)47-33-38(41-18-10-13-35-12-6-7-16-40(35)41)27-31-51(47)56(50)39-14-4-3-5-15-39/h3-33H,1-2H3. The smallest absolute Gasteiger partial charge is 0.143 e. The molecule has 2 aromatic heterocycles. The van der Waals surface area contributed by atoms with Crippen molar-refractivity contribution >= 4 is 54.5 Å². The molecule has 1 aliphatic carbocycles. The molecule has 57 heavy (non-hydrogen) atoms. The molecule has 1 aliphatic rings. The van der Waals surface area contributed by atoms with E-state index in [1.807, 2.05) is 0 Å². The van der Waals surface area contributed by atoms with Gasteiger partial charge in [-0.1, -0.05) is 166 Å². The first kappa shape index (κ1) is 32.1. The molecular weight excluding hydrogens is 691 g/mol. The molecule has 0 bridgehead atoms. The molecule has 12 rings (SSSR count). The molecule has 11 aromatic rings. The number of hydrogen-bond acceptors (Lipinski definition) is 1. The maximum absolute atomic E-state index is 6.94. The van der Waals surface area contributed by atoms with Gasteiger partial charge in [-0.2, -0.15) is 0 Å². The van der Waals surface area contributed by atoms with Gasteiger partial charge >= 0.3 is 0 Å². The van der Waals surface area contributed by atoms with Crippen molar-refractivity contribution in [1.82, 2.24) is 4.57 Å². The summed E-state index contributed by atoms with van der Waals surface area (Å²) in [6, 6.07) is 68.8. The summed E-state index contributed by atoms with van der Waals surface area (Å²) in [5, 5.41) is 7.32. The van der Waals surface area contributed by atoms with E-state index in [2.05, 4.69) is 206 Å². The van der Waals surface area contributed by atoms with Gasteiger partial charge in [-0.05, 0) is 91.7 Å². The molecule has 0 spiro atoms. The van der Waals surface area contributed by atoms with Gasteiger partial charge in [0.2, 0.25) is 0 Å². The Kier molecular flexibility index (Phi) is 6.72. The predicted octanol–water partition coefficient (Wildman–Crippen LogP) is 15.1. The molecule has 2 heteroatoms. The maximum Gasteiger partial charge on any atom is 0.143 e. The molecule has 0 saturated carbocycles. The molecule has 2 heterocycles. The van der Waals surface area contributed by atoms with Crippen LogP contribution in [0.1, 0.15) is 25.0 Å². The van der Waals surface area contributed by atoms with Crippen LogP contribution in [0, 0.1) is 0 Å². The summed E-state index contributed by atoms with van der Waals surface area (Å²) in [4.78, 5) is 0. The fourth-order valence-corrected chi connectivity index (χ4v) is 9.81. The van der Waals surface area contributed by atoms with Crippen molar-refractivity contribution in [3.05, 3.63) is 199 Å². The minimum atomic E-state index is -0.0731. The Labute approximate surface area is 330 Å². The molecule has 0 amide bonds. The van der Waals surface area contributed by atoms with Gasteiger partial charge in [0.1, 0.15) is 11.2 Å². The van der Waals surface area contributed by atoms with Crippen LogP contribution < -0.4 is 0 Å². The van der Waals surface area contributed by atoms with E-state index in [9.17, 15) is 0 Å². The van der Waals surface area contributed by atoms with Crippen LogP contribution in [0.2, 0.25) is 0 Å². The number of benzene rings is 9. The molecule has 0 radical (unpaired) electrons. The van der Waals surface area contributed by atoms with Crippen LogP contribution in [0.25, 0.3) is 105 Å². The van der Waals surface area contributed by atoms with E-state index in [1.165, 1.54) is 82.5 Å². The van der Waals surface area contributed by atoms with E-state index in [-0.39, 0.29) is 5.41 Å². The highest BCUT2D eigenvalue weighted by atomic mass is 16.3. The van der Waals surface area contributed by atoms with Gasteiger partial charge in [-0.15, -0.1) is 0 Å². The van der Waals surface area contributed by atoms with Crippen LogP contribution in [0.15, 0.2) is 192 Å². The molecule has 0 fully saturated rings. The zero-order valence-electron chi connectivity index (χ0n) is 31.8. The predicted molar refractivity (Wildman–Crippen MR) is 239 cm³/mol. The van der Waals surface area contributed by atoms with E-state index in [1.54, 1.807) is 0 Å². The third kappa shape index (κ3) is 4.65. The van der Waals surface area contributed by atoms with E-state index in [0.717, 1.165) is 33.4 Å². The third-order valence-corrected chi connectivity index (χ3v) is 12.6. The second-order valence-corrected chi connectivity index (χ2v) is 16.1. The highest BCUT2D eigenvalue weighted by Crippen LogP contribution is 2.53. The summed E-state index contributed by atoms with van der Waals surface area (Å²) in [6.45, 7) is 4.64. The zero-order valence-corrected chi connectivity index (χ0v) is 31.8. The molecule has 0 atom stereocenters. The first-order chi connectivity index (χ1) is 28.0. The van der Waals surface area contributed by atoms with Crippen LogP contribution in [0.4, 0.5) is 0 Å². The van der Waals surface area contributed by atoms with Gasteiger partial charge in [-0.3, -0.25) is 0 Å². The number of rotatable bonds is 4. The van der Waals surface area contributed by atoms with Crippen LogP contribution in [-0.4, -0.2) is 4.57 Å². The Morgan fingerprint density at radius 2 is 0.982 bits per heavy atom. The van der Waals surface area contributed by atoms with Crippen molar-refractivity contribution in [2.45, 2.75) is 19.3 Å². The van der Waals surface area contributed by atoms with E-state index in [4.69, 9.17) is 4.42 Å². The molecule has 2 nitrogen and oxygen atoms in total. The molecule has 0 N–H and O–H groups in total. The fourth-order valence-electron chi connectivity index (χ4n) is 9.81. The topological polar surface area (TPSA) is 18.1 Å². The second-order valence-electron chi connectivity index (χ2n) is 16.1. The third-order valence-electron chi connectivity index (χ3n) is 12.6. The van der Waals surface area contributed by atoms with Crippen LogP contribution in [0.5, 0.6) is 0 Å². The van der Waals surface area contributed by atoms with E-state index >= 15 is 0 Å². The number of aromatic nitrogens is 1. The van der Waals surface area contributed by atoms with Crippen molar-refractivity contribution < 1.29 is 4.42 Å². The number of nitrogens with zero attached hydrogens (tertiary/aromatic N) is 1. The lowest BCUT2D eigenvalue weighted by molar-refractivity contribution is 0.653. The first-order valence-electron chi connectivity index (χ1n) is 19.8. The largest absolute Gasteiger partial charge is 0.455 e. The Morgan fingerprint density at radius 3 is 1.82 bits per heavy atom. The Balaban J connectivity index is 0.984. The first-order valence-corrected chi connectivity index (χ1v) is 19.8. The minimum Gasteiger partial charge on any atom is -0.455 e. The Morgan fingerprint density at radius 1 is 0.386 bits per heavy atom. The fraction of sp³-hybridized carbons (Fsp3) is 0.0545. The minimum absolute atomic E-state index is 0.0731. The van der Waals surface area contributed by atoms with E-state index < -0.39 is 0 Å². The molecular formula is C55H37NO. The van der Waals surface area contributed by atoms with E-state index in [0.29, 0.717) is 0 Å². The lowest BCUT2D eigenvalue weighted by atomic mass is 9.82. The second kappa shape index (κ2) is 11.9. The average molecular weight is 728 g/mol. The van der Waals surface area contributed by atoms with Crippen molar-refractivity contribution in [3.63, 3.8) is 0 Å². The van der Waals surface area contributed by atoms with Crippen LogP contribution in [0.3, 0.4) is 0 Å². The maximum atomic E-state index is 6.94. The van der Waals surface area contributed by atoms with Crippen molar-refractivity contribution in [2.75, 3.05) is 0 Å². The van der Waals surface area contributed by atoms with Crippen molar-refractivity contribution in [3.8, 4) is 50.2 Å². The van der Waals surface area contributed by atoms with Gasteiger partial charge < -0.3 is 8.98 Å². The summed E-state index contributed by atoms with van der Waals surface area (Å²) >= 11 is 0. The Hall–Kier alpha value is -7.16. The number of fused-ring (bicyclic) bond motifs is 11. The van der Waals surface area contributed by atoms with Gasteiger partial charge in [0.25, 0.3) is 0 Å². The van der Waals surface area contributed by atoms with Gasteiger partial charge in [0, 0.05) is 43.8 Å². The summed E-state index contributed by atoms with van der Waals surface area (Å²) in [7, 11) is 0. The molecule has 268 valence electrons. The average Bonchev–Trinajstić information content (AvgIpc) is 3.89. The van der Waals surface area contributed by atoms with Gasteiger partial charge in [-0.25, -0.2) is 0 Å². The van der Waals surface area contributed by atoms with Gasteiger partial charge in [0.05, 0.1) is 11.0 Å². The number of hydrogen-bond donors (Lipinski definition) is 0. The Bertz CT molecular complexity index is 3410. The lowest BCUT2D eigenvalue weighted by Gasteiger charge is -2.21. The molecule has 0 unspecified atom stereocenters. The highest BCUT2D eigenvalue weighted by Gasteiger charge is 2.37. The highest BCUT2D eigenvalue weighted by molar-refractivity contribution is 6.15. The van der Waals surface area contributed by atoms with Crippen molar-refractivity contribution in [2.24, 2.45) is 0 Å². The van der Waals surface area contributed by atoms with Crippen LogP contribution >= 0.6 is 0 Å². The van der Waals surface area contributed by atoms with Crippen LogP contribution in [-0.2, 0) is 5.41 Å². The normalized spacial score (nSPS) is 13.2. The van der Waals surface area contributed by atoms with Gasteiger partial charge in [0.15, 0.2) is 0 Å². The molecule has 9 aromatic carbocycles. The summed E-state index contributed by atoms with van der Waals surface area (Å²) in [5.74, 6) is 0. The zero-order chi connectivity index (χ0) is 37.8. The molecule has 0 aliphatic heterocycles. The monoisotopic (exact) mass is 727 g/mol.